The quantitative estimate of drug-likeness (QED) is 0.0213. The van der Waals surface area contributed by atoms with Gasteiger partial charge in [-0.05, 0) is 110 Å². The van der Waals surface area contributed by atoms with E-state index in [0.29, 0.717) is 44.6 Å². The molecule has 6 aromatic rings. The highest BCUT2D eigenvalue weighted by atomic mass is 31.2. The van der Waals surface area contributed by atoms with Crippen molar-refractivity contribution in [2.24, 2.45) is 5.84 Å². The first-order valence-electron chi connectivity index (χ1n) is 23.4. The lowest BCUT2D eigenvalue weighted by molar-refractivity contribution is 0.154. The molecule has 65 heavy (non-hydrogen) atoms. The maximum Gasteiger partial charge on any atom is 0.151 e. The molecule has 0 heterocycles. The normalized spacial score (nSPS) is 12.7. The number of unbranched alkanes of at least 4 members (excludes halogenated alkanes) is 3. The van der Waals surface area contributed by atoms with Crippen LogP contribution in [0.2, 0.25) is 0 Å². The lowest BCUT2D eigenvalue weighted by atomic mass is 9.71. The van der Waals surface area contributed by atoms with Crippen molar-refractivity contribution in [3.63, 3.8) is 0 Å². The zero-order valence-electron chi connectivity index (χ0n) is 39.5. The fraction of sp³-hybridized carbons (Fsp3) is 0.351. The van der Waals surface area contributed by atoms with Crippen LogP contribution in [-0.4, -0.2) is 54.9 Å². The number of ether oxygens (including phenoxy) is 2. The monoisotopic (exact) mass is 889 g/mol. The molecule has 0 radical (unpaired) electrons. The van der Waals surface area contributed by atoms with Crippen LogP contribution in [0.1, 0.15) is 110 Å². The molecule has 8 heteroatoms. The Morgan fingerprint density at radius 1 is 0.615 bits per heavy atom. The number of benzene rings is 6. The molecule has 0 aliphatic rings. The predicted octanol–water partition coefficient (Wildman–Crippen LogP) is 12.8. The Morgan fingerprint density at radius 2 is 1.11 bits per heavy atom. The smallest absolute Gasteiger partial charge is 0.151 e. The Bertz CT molecular complexity index is 2410. The van der Waals surface area contributed by atoms with E-state index in [0.717, 1.165) is 70.6 Å². The second-order valence-electron chi connectivity index (χ2n) is 17.7. The third kappa shape index (κ3) is 11.9. The molecule has 1 atom stereocenters. The van der Waals surface area contributed by atoms with Gasteiger partial charge in [0.2, 0.25) is 0 Å². The Kier molecular flexibility index (Phi) is 17.8. The Morgan fingerprint density at radius 3 is 1.62 bits per heavy atom. The molecular formula is C57H69N4O3P. The van der Waals surface area contributed by atoms with Crippen molar-refractivity contribution in [3.8, 4) is 17.6 Å². The molecule has 6 aromatic carbocycles. The molecule has 340 valence electrons. The van der Waals surface area contributed by atoms with Crippen molar-refractivity contribution in [3.05, 3.63) is 202 Å². The number of nitriles is 1. The van der Waals surface area contributed by atoms with Crippen molar-refractivity contribution < 1.29 is 14.0 Å². The lowest BCUT2D eigenvalue weighted by Crippen LogP contribution is -2.53. The number of nitrogens with two attached hydrogens (primary N) is 1. The number of hydrogen-bond acceptors (Lipinski definition) is 6. The first-order valence-corrected chi connectivity index (χ1v) is 25.4. The zero-order valence-corrected chi connectivity index (χ0v) is 40.4. The van der Waals surface area contributed by atoms with Gasteiger partial charge in [-0.3, -0.25) is 5.84 Å². The van der Waals surface area contributed by atoms with Crippen molar-refractivity contribution >= 4 is 7.29 Å². The van der Waals surface area contributed by atoms with E-state index in [1.165, 1.54) is 16.7 Å². The third-order valence-electron chi connectivity index (χ3n) is 12.7. The maximum absolute atomic E-state index is 14.6. The van der Waals surface area contributed by atoms with E-state index in [4.69, 9.17) is 15.3 Å². The second-order valence-corrected chi connectivity index (χ2v) is 20.8. The molecule has 0 aliphatic carbocycles. The number of hydrogen-bond donors (Lipinski definition) is 1. The van der Waals surface area contributed by atoms with Gasteiger partial charge in [0.1, 0.15) is 17.0 Å². The zero-order chi connectivity index (χ0) is 46.2. The van der Waals surface area contributed by atoms with E-state index in [2.05, 4.69) is 183 Å². The van der Waals surface area contributed by atoms with Crippen LogP contribution < -0.4 is 15.3 Å². The third-order valence-corrected chi connectivity index (χ3v) is 16.4. The van der Waals surface area contributed by atoms with Gasteiger partial charge in [-0.2, -0.15) is 5.26 Å². The van der Waals surface area contributed by atoms with Crippen molar-refractivity contribution in [1.82, 2.24) is 9.68 Å². The minimum absolute atomic E-state index is 0.142. The Hall–Kier alpha value is -5.48. The first kappa shape index (κ1) is 49.0. The fourth-order valence-corrected chi connectivity index (χ4v) is 13.5. The molecule has 0 fully saturated rings. The van der Waals surface area contributed by atoms with E-state index in [9.17, 15) is 9.83 Å². The van der Waals surface area contributed by atoms with Gasteiger partial charge in [-0.15, -0.1) is 0 Å². The molecular weight excluding hydrogens is 820 g/mol. The van der Waals surface area contributed by atoms with Gasteiger partial charge < -0.3 is 14.0 Å². The molecule has 0 aromatic heterocycles. The molecule has 0 spiro atoms. The summed E-state index contributed by atoms with van der Waals surface area (Å²) in [4.78, 5) is 0. The number of hydrazine groups is 1. The van der Waals surface area contributed by atoms with Crippen LogP contribution in [0.3, 0.4) is 0 Å². The summed E-state index contributed by atoms with van der Waals surface area (Å²) in [5.74, 6) is 9.48. The van der Waals surface area contributed by atoms with Crippen LogP contribution in [0.5, 0.6) is 11.5 Å². The van der Waals surface area contributed by atoms with E-state index >= 15 is 0 Å². The van der Waals surface area contributed by atoms with Crippen LogP contribution in [-0.2, 0) is 29.4 Å². The van der Waals surface area contributed by atoms with Crippen LogP contribution in [0.25, 0.3) is 0 Å². The average molecular weight is 889 g/mol. The largest absolute Gasteiger partial charge is 0.497 e. The van der Waals surface area contributed by atoms with Gasteiger partial charge in [-0.25, -0.2) is 9.68 Å². The van der Waals surface area contributed by atoms with Crippen LogP contribution >= 0.6 is 7.29 Å². The first-order chi connectivity index (χ1) is 31.5. The minimum Gasteiger partial charge on any atom is -0.497 e. The summed E-state index contributed by atoms with van der Waals surface area (Å²) in [5, 5.41) is 11.6. The molecule has 1 unspecified atom stereocenters. The van der Waals surface area contributed by atoms with E-state index in [1.54, 1.807) is 14.2 Å². The van der Waals surface area contributed by atoms with Crippen LogP contribution in [0.4, 0.5) is 0 Å². The summed E-state index contributed by atoms with van der Waals surface area (Å²) in [6.07, 6.45) is 6.86. The summed E-state index contributed by atoms with van der Waals surface area (Å²) in [6, 6.07) is 56.1. The molecule has 7 nitrogen and oxygen atoms in total. The highest BCUT2D eigenvalue weighted by Gasteiger charge is 2.44. The number of rotatable bonds is 24. The van der Waals surface area contributed by atoms with Gasteiger partial charge >= 0.3 is 0 Å². The number of nitrogens with zero attached hydrogens (tertiary/aromatic N) is 3. The standard InChI is InChI=1S/C57H69N4O3P/c1-44(2)61(45(3)4)65(62,39-23-36-58)38-22-8-7-21-37-60(59)57(50-28-17-11-18-29-50,51-30-19-12-20-31-51)55-43-49(40-46-24-13-9-14-25-46)56(64-6)54(42-47-26-15-10-16-27-47)53(55)41-48-32-34-52(63-5)35-33-48/h9-20,24-35,43-45H,7-8,21-23,37-42,59H2,1-6H3. The molecule has 0 saturated carbocycles. The summed E-state index contributed by atoms with van der Waals surface area (Å²) in [6.45, 7) is 9.06. The van der Waals surface area contributed by atoms with Crippen molar-refractivity contribution in [2.45, 2.75) is 96.7 Å². The Balaban J connectivity index is 1.51. The van der Waals surface area contributed by atoms with Crippen LogP contribution in [0, 0.1) is 11.3 Å². The highest BCUT2D eigenvalue weighted by molar-refractivity contribution is 7.61. The highest BCUT2D eigenvalue weighted by Crippen LogP contribution is 2.53. The molecule has 0 saturated heterocycles. The summed E-state index contributed by atoms with van der Waals surface area (Å²) in [5.41, 5.74) is 9.30. The van der Waals surface area contributed by atoms with Crippen LogP contribution in [0.15, 0.2) is 152 Å². The predicted molar refractivity (Wildman–Crippen MR) is 269 cm³/mol. The SMILES string of the molecule is COc1ccc(Cc2c(C(c3ccccc3)(c3ccccc3)N(N)CCCCCCP(=O)(CCC#N)N(C(C)C)C(C)C)cc(Cc3ccccc3)c(OC)c2Cc2ccccc2)cc1. The maximum atomic E-state index is 14.6. The minimum atomic E-state index is -2.72. The van der Waals surface area contributed by atoms with Gasteiger partial charge in [0.15, 0.2) is 7.29 Å². The van der Waals surface area contributed by atoms with E-state index in [-0.39, 0.29) is 12.1 Å². The molecule has 0 bridgehead atoms. The molecule has 0 aliphatic heterocycles. The number of methoxy groups -OCH3 is 2. The second kappa shape index (κ2) is 23.6. The van der Waals surface area contributed by atoms with Gasteiger partial charge in [0.25, 0.3) is 0 Å². The van der Waals surface area contributed by atoms with E-state index < -0.39 is 12.8 Å². The summed E-state index contributed by atoms with van der Waals surface area (Å²) >= 11 is 0. The molecule has 2 N–H and O–H groups in total. The molecule has 6 rings (SSSR count). The van der Waals surface area contributed by atoms with Gasteiger partial charge in [-0.1, -0.05) is 146 Å². The van der Waals surface area contributed by atoms with Gasteiger partial charge in [0.05, 0.1) is 20.3 Å². The van der Waals surface area contributed by atoms with Crippen molar-refractivity contribution in [1.29, 1.82) is 5.26 Å². The van der Waals surface area contributed by atoms with Gasteiger partial charge in [0, 0.05) is 55.8 Å². The summed E-state index contributed by atoms with van der Waals surface area (Å²) in [7, 11) is 0.784. The van der Waals surface area contributed by atoms with E-state index in [1.807, 2.05) is 12.1 Å². The fourth-order valence-electron chi connectivity index (χ4n) is 9.97. The molecule has 0 amide bonds. The summed E-state index contributed by atoms with van der Waals surface area (Å²) < 4.78 is 28.9. The average Bonchev–Trinajstić information content (AvgIpc) is 3.32. The Labute approximate surface area is 389 Å². The topological polar surface area (TPSA) is 91.8 Å². The lowest BCUT2D eigenvalue weighted by Gasteiger charge is -2.45. The van der Waals surface area contributed by atoms with Crippen molar-refractivity contribution in [2.75, 3.05) is 33.1 Å².